The lowest BCUT2D eigenvalue weighted by Gasteiger charge is -2.30. The number of nitrogens with zero attached hydrogens (tertiary/aromatic N) is 3. The Morgan fingerprint density at radius 3 is 2.60 bits per heavy atom. The number of benzene rings is 1. The SMILES string of the molecule is COc1cccc(OC2CCC(NC(=O)c3cnc4cnn(C)c4c3)CC2)c1OC. The van der Waals surface area contributed by atoms with Crippen LogP contribution < -0.4 is 19.5 Å². The topological polar surface area (TPSA) is 87.5 Å². The van der Waals surface area contributed by atoms with Crippen molar-refractivity contribution in [1.82, 2.24) is 20.1 Å². The lowest BCUT2D eigenvalue weighted by molar-refractivity contribution is 0.0891. The fraction of sp³-hybridized carbons (Fsp3) is 0.409. The number of aryl methyl sites for hydroxylation is 1. The highest BCUT2D eigenvalue weighted by Gasteiger charge is 2.25. The average molecular weight is 410 g/mol. The number of hydrogen-bond donors (Lipinski definition) is 1. The second kappa shape index (κ2) is 8.61. The number of methoxy groups -OCH3 is 2. The molecule has 0 unspecified atom stereocenters. The number of ether oxygens (including phenoxy) is 3. The van der Waals surface area contributed by atoms with Gasteiger partial charge in [-0.05, 0) is 43.9 Å². The van der Waals surface area contributed by atoms with E-state index in [0.717, 1.165) is 36.7 Å². The van der Waals surface area contributed by atoms with Crippen molar-refractivity contribution in [3.8, 4) is 17.2 Å². The van der Waals surface area contributed by atoms with E-state index in [0.29, 0.717) is 22.8 Å². The van der Waals surface area contributed by atoms with Gasteiger partial charge in [0.1, 0.15) is 5.52 Å². The van der Waals surface area contributed by atoms with Gasteiger partial charge in [-0.2, -0.15) is 5.10 Å². The fourth-order valence-electron chi connectivity index (χ4n) is 3.87. The molecule has 1 aliphatic rings. The largest absolute Gasteiger partial charge is 0.493 e. The smallest absolute Gasteiger partial charge is 0.253 e. The molecule has 30 heavy (non-hydrogen) atoms. The summed E-state index contributed by atoms with van der Waals surface area (Å²) in [5.41, 5.74) is 2.16. The van der Waals surface area contributed by atoms with Crippen LogP contribution in [0.3, 0.4) is 0 Å². The van der Waals surface area contributed by atoms with Gasteiger partial charge in [0.15, 0.2) is 11.5 Å². The zero-order chi connectivity index (χ0) is 21.1. The third kappa shape index (κ3) is 4.03. The van der Waals surface area contributed by atoms with E-state index < -0.39 is 0 Å². The number of pyridine rings is 1. The minimum atomic E-state index is -0.107. The molecule has 158 valence electrons. The monoisotopic (exact) mass is 410 g/mol. The molecule has 0 bridgehead atoms. The van der Waals surface area contributed by atoms with Crippen molar-refractivity contribution in [3.05, 3.63) is 42.2 Å². The number of carbonyl (C=O) groups is 1. The maximum Gasteiger partial charge on any atom is 0.253 e. The highest BCUT2D eigenvalue weighted by atomic mass is 16.5. The summed E-state index contributed by atoms with van der Waals surface area (Å²) in [7, 11) is 5.05. The van der Waals surface area contributed by atoms with E-state index in [2.05, 4.69) is 15.4 Å². The van der Waals surface area contributed by atoms with E-state index in [9.17, 15) is 4.79 Å². The Morgan fingerprint density at radius 1 is 1.10 bits per heavy atom. The van der Waals surface area contributed by atoms with Crippen LogP contribution in [0.4, 0.5) is 0 Å². The maximum absolute atomic E-state index is 12.7. The summed E-state index contributed by atoms with van der Waals surface area (Å²) in [6.45, 7) is 0. The average Bonchev–Trinajstić information content (AvgIpc) is 3.15. The van der Waals surface area contributed by atoms with Gasteiger partial charge >= 0.3 is 0 Å². The van der Waals surface area contributed by atoms with E-state index in [1.165, 1.54) is 0 Å². The Balaban J connectivity index is 1.34. The normalized spacial score (nSPS) is 18.8. The second-order valence-electron chi connectivity index (χ2n) is 7.45. The molecule has 1 aliphatic carbocycles. The van der Waals surface area contributed by atoms with E-state index in [1.54, 1.807) is 31.3 Å². The van der Waals surface area contributed by atoms with Gasteiger partial charge in [0.25, 0.3) is 5.91 Å². The second-order valence-corrected chi connectivity index (χ2v) is 7.45. The van der Waals surface area contributed by atoms with E-state index in [4.69, 9.17) is 14.2 Å². The molecule has 1 aromatic carbocycles. The van der Waals surface area contributed by atoms with Gasteiger partial charge in [-0.3, -0.25) is 14.5 Å². The third-order valence-corrected chi connectivity index (χ3v) is 5.53. The Morgan fingerprint density at radius 2 is 1.87 bits per heavy atom. The van der Waals surface area contributed by atoms with Gasteiger partial charge in [0.05, 0.1) is 37.6 Å². The molecule has 0 saturated heterocycles. The van der Waals surface area contributed by atoms with Crippen molar-refractivity contribution in [1.29, 1.82) is 0 Å². The van der Waals surface area contributed by atoms with Gasteiger partial charge in [0.2, 0.25) is 5.75 Å². The summed E-state index contributed by atoms with van der Waals surface area (Å²) in [5.74, 6) is 1.83. The van der Waals surface area contributed by atoms with Crippen LogP contribution in [0.15, 0.2) is 36.7 Å². The van der Waals surface area contributed by atoms with Gasteiger partial charge in [-0.1, -0.05) is 6.07 Å². The summed E-state index contributed by atoms with van der Waals surface area (Å²) < 4.78 is 18.7. The Hall–Kier alpha value is -3.29. The van der Waals surface area contributed by atoms with Crippen molar-refractivity contribution in [3.63, 3.8) is 0 Å². The van der Waals surface area contributed by atoms with Crippen LogP contribution in [0.25, 0.3) is 11.0 Å². The van der Waals surface area contributed by atoms with Crippen molar-refractivity contribution >= 4 is 16.9 Å². The van der Waals surface area contributed by atoms with Crippen LogP contribution in [0.5, 0.6) is 17.2 Å². The van der Waals surface area contributed by atoms with Crippen LogP contribution in [0.1, 0.15) is 36.0 Å². The summed E-state index contributed by atoms with van der Waals surface area (Å²) in [4.78, 5) is 17.0. The van der Waals surface area contributed by atoms with Crippen LogP contribution in [0.2, 0.25) is 0 Å². The summed E-state index contributed by atoms with van der Waals surface area (Å²) in [5, 5.41) is 7.30. The van der Waals surface area contributed by atoms with Crippen LogP contribution in [0, 0.1) is 0 Å². The van der Waals surface area contributed by atoms with E-state index >= 15 is 0 Å². The molecule has 0 atom stereocenters. The molecule has 8 heteroatoms. The minimum Gasteiger partial charge on any atom is -0.493 e. The molecule has 1 N–H and O–H groups in total. The van der Waals surface area contributed by atoms with Crippen molar-refractivity contribution in [2.45, 2.75) is 37.8 Å². The van der Waals surface area contributed by atoms with Crippen LogP contribution in [-0.2, 0) is 7.05 Å². The summed E-state index contributed by atoms with van der Waals surface area (Å²) in [6, 6.07) is 7.56. The highest BCUT2D eigenvalue weighted by molar-refractivity contribution is 5.96. The zero-order valence-electron chi connectivity index (χ0n) is 17.4. The van der Waals surface area contributed by atoms with Gasteiger partial charge in [-0.15, -0.1) is 0 Å². The van der Waals surface area contributed by atoms with Crippen LogP contribution >= 0.6 is 0 Å². The molecular formula is C22H26N4O4. The molecule has 8 nitrogen and oxygen atoms in total. The maximum atomic E-state index is 12.7. The molecule has 1 saturated carbocycles. The van der Waals surface area contributed by atoms with Crippen molar-refractivity contribution < 1.29 is 19.0 Å². The van der Waals surface area contributed by atoms with E-state index in [1.807, 2.05) is 31.3 Å². The fourth-order valence-corrected chi connectivity index (χ4v) is 3.87. The van der Waals surface area contributed by atoms with Crippen molar-refractivity contribution in [2.24, 2.45) is 7.05 Å². The summed E-state index contributed by atoms with van der Waals surface area (Å²) in [6.07, 6.45) is 6.77. The molecule has 0 radical (unpaired) electrons. The number of para-hydroxylation sites is 1. The molecule has 0 aliphatic heterocycles. The van der Waals surface area contributed by atoms with Gasteiger partial charge in [-0.25, -0.2) is 0 Å². The number of amides is 1. The molecule has 1 fully saturated rings. The molecule has 3 aromatic rings. The van der Waals surface area contributed by atoms with Crippen LogP contribution in [-0.4, -0.2) is 47.0 Å². The Labute approximate surface area is 175 Å². The number of fused-ring (bicyclic) bond motifs is 1. The van der Waals surface area contributed by atoms with E-state index in [-0.39, 0.29) is 18.1 Å². The number of hydrogen-bond acceptors (Lipinski definition) is 6. The number of nitrogens with one attached hydrogen (secondary N) is 1. The molecule has 4 rings (SSSR count). The molecule has 0 spiro atoms. The standard InChI is InChI=1S/C22H26N4O4/c1-26-18-11-14(12-23-17(18)13-24-26)22(27)25-15-7-9-16(10-8-15)30-20-6-4-5-19(28-2)21(20)29-3/h4-6,11-13,15-16H,7-10H2,1-3H3,(H,25,27). The lowest BCUT2D eigenvalue weighted by atomic mass is 9.92. The van der Waals surface area contributed by atoms with Crippen molar-refractivity contribution in [2.75, 3.05) is 14.2 Å². The first-order valence-corrected chi connectivity index (χ1v) is 10.0. The first-order chi connectivity index (χ1) is 14.6. The molecule has 1 amide bonds. The third-order valence-electron chi connectivity index (χ3n) is 5.53. The molecule has 2 aromatic heterocycles. The zero-order valence-corrected chi connectivity index (χ0v) is 17.4. The number of aromatic nitrogens is 3. The quantitative estimate of drug-likeness (QED) is 0.672. The minimum absolute atomic E-state index is 0.0756. The first-order valence-electron chi connectivity index (χ1n) is 10.0. The van der Waals surface area contributed by atoms with Gasteiger partial charge in [0, 0.05) is 19.3 Å². The molecule has 2 heterocycles. The van der Waals surface area contributed by atoms with Gasteiger partial charge < -0.3 is 19.5 Å². The highest BCUT2D eigenvalue weighted by Crippen LogP contribution is 2.38. The predicted molar refractivity (Wildman–Crippen MR) is 112 cm³/mol. The Bertz CT molecular complexity index is 1040. The summed E-state index contributed by atoms with van der Waals surface area (Å²) >= 11 is 0. The molecular weight excluding hydrogens is 384 g/mol. The first kappa shape index (κ1) is 20.0. The predicted octanol–water partition coefficient (Wildman–Crippen LogP) is 3.11. The number of carbonyl (C=O) groups excluding carboxylic acids is 1. The number of rotatable bonds is 6. The lowest BCUT2D eigenvalue weighted by Crippen LogP contribution is -2.39. The Kier molecular flexibility index (Phi) is 5.74.